The lowest BCUT2D eigenvalue weighted by Crippen LogP contribution is -2.28. The van der Waals surface area contributed by atoms with Gasteiger partial charge in [-0.25, -0.2) is 0 Å². The molecule has 2 aliphatic carbocycles. The van der Waals surface area contributed by atoms with Crippen molar-refractivity contribution in [2.24, 2.45) is 0 Å². The molecule has 15 rings (SSSR count). The number of nitrogens with zero attached hydrogens (tertiary/aromatic N) is 2. The van der Waals surface area contributed by atoms with Crippen LogP contribution in [0.25, 0.3) is 88.2 Å². The van der Waals surface area contributed by atoms with E-state index in [0.29, 0.717) is 0 Å². The molecule has 2 aliphatic rings. The molecule has 0 saturated carbocycles. The fourth-order valence-corrected chi connectivity index (χ4v) is 13.7. The van der Waals surface area contributed by atoms with Gasteiger partial charge in [0.05, 0.1) is 27.8 Å². The second-order valence-corrected chi connectivity index (χ2v) is 21.7. The van der Waals surface area contributed by atoms with Gasteiger partial charge in [0.25, 0.3) is 0 Å². The van der Waals surface area contributed by atoms with Gasteiger partial charge in [0, 0.05) is 38.7 Å². The van der Waals surface area contributed by atoms with Crippen LogP contribution in [-0.2, 0) is 11.0 Å². The van der Waals surface area contributed by atoms with Gasteiger partial charge in [-0.2, -0.15) is 0 Å². The quantitative estimate of drug-likeness (QED) is 0.133. The fraction of sp³-hybridized carbons (Fsp3) is 0.0513. The Morgan fingerprint density at radius 1 is 0.375 bits per heavy atom. The van der Waals surface area contributed by atoms with Crippen LogP contribution in [0.3, 0.4) is 0 Å². The Morgan fingerprint density at radius 2 is 0.912 bits per heavy atom. The molecule has 0 radical (unpaired) electrons. The van der Waals surface area contributed by atoms with Crippen LogP contribution < -0.4 is 4.90 Å². The van der Waals surface area contributed by atoms with Crippen molar-refractivity contribution in [3.63, 3.8) is 0 Å². The van der Waals surface area contributed by atoms with E-state index in [1.165, 1.54) is 93.8 Å². The molecule has 0 aliphatic heterocycles. The van der Waals surface area contributed by atoms with Crippen LogP contribution in [0.2, 0.25) is 0 Å². The van der Waals surface area contributed by atoms with Gasteiger partial charge in [-0.15, -0.1) is 0 Å². The lowest BCUT2D eigenvalue weighted by Gasteiger charge is -2.34. The lowest BCUT2D eigenvalue weighted by molar-refractivity contribution is 0.438. The summed E-state index contributed by atoms with van der Waals surface area (Å²) in [5, 5.41) is 4.94. The average molecular weight is 1020 g/mol. The van der Waals surface area contributed by atoms with Crippen molar-refractivity contribution in [3.05, 3.63) is 332 Å². The maximum Gasteiger partial charge on any atom is 0.0713 e. The molecule has 1 heterocycles. The molecule has 12 aromatic carbocycles. The minimum atomic E-state index is -0.493. The van der Waals surface area contributed by atoms with Gasteiger partial charge in [-0.05, 0) is 122 Å². The Labute approximate surface area is 468 Å². The van der Waals surface area contributed by atoms with E-state index < -0.39 is 5.41 Å². The Bertz CT molecular complexity index is 4520. The average Bonchev–Trinajstić information content (AvgIpc) is 3.98. The zero-order valence-corrected chi connectivity index (χ0v) is 44.5. The molecule has 0 N–H and O–H groups in total. The van der Waals surface area contributed by atoms with E-state index in [2.05, 4.69) is 326 Å². The highest BCUT2D eigenvalue weighted by molar-refractivity contribution is 6.15. The number of fused-ring (bicyclic) bond motifs is 7. The van der Waals surface area contributed by atoms with E-state index in [4.69, 9.17) is 0 Å². The maximum atomic E-state index is 2.61. The van der Waals surface area contributed by atoms with Crippen molar-refractivity contribution in [1.29, 1.82) is 0 Å². The number of anilines is 3. The van der Waals surface area contributed by atoms with Crippen LogP contribution in [0.5, 0.6) is 0 Å². The molecular weight excluding hydrogens is 965 g/mol. The molecule has 378 valence electrons. The molecule has 1 atom stereocenters. The Kier molecular flexibility index (Phi) is 11.3. The maximum absolute atomic E-state index is 2.61. The number of para-hydroxylation sites is 4. The minimum absolute atomic E-state index is 0.281. The zero-order valence-electron chi connectivity index (χ0n) is 44.5. The van der Waals surface area contributed by atoms with Gasteiger partial charge in [0.1, 0.15) is 0 Å². The fourth-order valence-electron chi connectivity index (χ4n) is 13.7. The van der Waals surface area contributed by atoms with Crippen LogP contribution in [0.4, 0.5) is 17.1 Å². The predicted molar refractivity (Wildman–Crippen MR) is 337 cm³/mol. The summed E-state index contributed by atoms with van der Waals surface area (Å²) in [6.45, 7) is 2.38. The van der Waals surface area contributed by atoms with Crippen LogP contribution in [-0.4, -0.2) is 4.57 Å². The third kappa shape index (κ3) is 7.40. The topological polar surface area (TPSA) is 8.17 Å². The molecule has 2 heteroatoms. The van der Waals surface area contributed by atoms with E-state index >= 15 is 0 Å². The number of hydrogen-bond donors (Lipinski definition) is 0. The molecule has 13 aromatic rings. The highest BCUT2D eigenvalue weighted by atomic mass is 15.1. The SMILES string of the molecule is CC1(n2c3ccccc3c3cccc(-c4ccccc4N(c4ccc(-c5ccc6c(c5)C(c5ccccc5)(c5ccccc5)c5ccccc5-6)cc4)c4ccccc4-c4cccc5cccc(-c6ccccc6)c45)c32)C=CC=CC1. The number of rotatable bonds is 10. The summed E-state index contributed by atoms with van der Waals surface area (Å²) in [6, 6.07) is 106. The van der Waals surface area contributed by atoms with Crippen molar-refractivity contribution >= 4 is 49.6 Å². The van der Waals surface area contributed by atoms with Gasteiger partial charge in [0.15, 0.2) is 0 Å². The first-order chi connectivity index (χ1) is 39.6. The summed E-state index contributed by atoms with van der Waals surface area (Å²) in [5.41, 5.74) is 22.0. The monoisotopic (exact) mass is 1020 g/mol. The van der Waals surface area contributed by atoms with Gasteiger partial charge < -0.3 is 9.47 Å². The molecule has 0 bridgehead atoms. The third-order valence-electron chi connectivity index (χ3n) is 17.2. The molecule has 80 heavy (non-hydrogen) atoms. The van der Waals surface area contributed by atoms with E-state index in [-0.39, 0.29) is 5.54 Å². The van der Waals surface area contributed by atoms with Gasteiger partial charge in [-0.3, -0.25) is 0 Å². The molecule has 0 fully saturated rings. The standard InChI is InChI=1S/C78H56N2/c1-77(51-20-5-21-52-77)80-74-44-19-15-36-66(74)69-40-24-39-68(76(69)80)65-35-14-18-43-73(65)79(72-42-17-13-34-64(72)67-38-23-28-56-27-22-37-61(75(56)67)55-25-6-2-7-26-55)60-48-45-54(46-49-60)57-47-50-63-62-33-12-16-41-70(62)78(71(63)53-57,58-29-8-3-9-30-58)59-31-10-4-11-32-59/h2-51,53H,52H2,1H3. The summed E-state index contributed by atoms with van der Waals surface area (Å²) in [4.78, 5) is 2.52. The summed E-state index contributed by atoms with van der Waals surface area (Å²) in [6.07, 6.45) is 9.97. The molecule has 1 unspecified atom stereocenters. The second-order valence-electron chi connectivity index (χ2n) is 21.7. The predicted octanol–water partition coefficient (Wildman–Crippen LogP) is 20.7. The van der Waals surface area contributed by atoms with Crippen LogP contribution >= 0.6 is 0 Å². The van der Waals surface area contributed by atoms with Crippen LogP contribution in [0.15, 0.2) is 309 Å². The summed E-state index contributed by atoms with van der Waals surface area (Å²) in [5.74, 6) is 0. The Morgan fingerprint density at radius 3 is 1.61 bits per heavy atom. The van der Waals surface area contributed by atoms with Crippen molar-refractivity contribution in [3.8, 4) is 55.6 Å². The molecular formula is C78H56N2. The summed E-state index contributed by atoms with van der Waals surface area (Å²) in [7, 11) is 0. The zero-order chi connectivity index (χ0) is 53.2. The second kappa shape index (κ2) is 19.2. The Hall–Kier alpha value is -10.0. The van der Waals surface area contributed by atoms with E-state index in [9.17, 15) is 0 Å². The van der Waals surface area contributed by atoms with Crippen molar-refractivity contribution in [2.45, 2.75) is 24.3 Å². The van der Waals surface area contributed by atoms with Gasteiger partial charge in [-0.1, -0.05) is 273 Å². The molecule has 1 aromatic heterocycles. The lowest BCUT2D eigenvalue weighted by atomic mass is 9.67. The molecule has 2 nitrogen and oxygen atoms in total. The summed E-state index contributed by atoms with van der Waals surface area (Å²) >= 11 is 0. The molecule has 0 saturated heterocycles. The van der Waals surface area contributed by atoms with Crippen LogP contribution in [0.1, 0.15) is 35.6 Å². The number of allylic oxidation sites excluding steroid dienone is 4. The van der Waals surface area contributed by atoms with Crippen molar-refractivity contribution in [2.75, 3.05) is 4.90 Å². The van der Waals surface area contributed by atoms with Crippen LogP contribution in [0, 0.1) is 0 Å². The van der Waals surface area contributed by atoms with Gasteiger partial charge >= 0.3 is 0 Å². The first-order valence-corrected chi connectivity index (χ1v) is 28.0. The Balaban J connectivity index is 0.951. The van der Waals surface area contributed by atoms with E-state index in [0.717, 1.165) is 40.2 Å². The molecule has 0 spiro atoms. The van der Waals surface area contributed by atoms with Crippen molar-refractivity contribution in [1.82, 2.24) is 4.57 Å². The van der Waals surface area contributed by atoms with E-state index in [1.807, 2.05) is 0 Å². The first-order valence-electron chi connectivity index (χ1n) is 28.0. The minimum Gasteiger partial charge on any atom is -0.330 e. The first kappa shape index (κ1) is 47.2. The highest BCUT2D eigenvalue weighted by Gasteiger charge is 2.46. The number of benzene rings is 12. The summed E-state index contributed by atoms with van der Waals surface area (Å²) < 4.78 is 2.61. The number of hydrogen-bond acceptors (Lipinski definition) is 1. The largest absolute Gasteiger partial charge is 0.330 e. The third-order valence-corrected chi connectivity index (χ3v) is 17.2. The highest BCUT2D eigenvalue weighted by Crippen LogP contribution is 2.57. The molecule has 0 amide bonds. The normalized spacial score (nSPS) is 15.1. The van der Waals surface area contributed by atoms with E-state index in [1.54, 1.807) is 0 Å². The number of aromatic nitrogens is 1. The van der Waals surface area contributed by atoms with Gasteiger partial charge in [0.2, 0.25) is 0 Å². The smallest absolute Gasteiger partial charge is 0.0713 e. The van der Waals surface area contributed by atoms with Crippen molar-refractivity contribution < 1.29 is 0 Å².